The van der Waals surface area contributed by atoms with E-state index in [2.05, 4.69) is 93.7 Å². The summed E-state index contributed by atoms with van der Waals surface area (Å²) >= 11 is 0. The van der Waals surface area contributed by atoms with Crippen LogP contribution in [0.15, 0.2) is 24.3 Å². The molecule has 212 valence electrons. The van der Waals surface area contributed by atoms with Crippen molar-refractivity contribution in [2.45, 2.75) is 124 Å². The summed E-state index contributed by atoms with van der Waals surface area (Å²) in [7, 11) is 0. The summed E-state index contributed by atoms with van der Waals surface area (Å²) in [6.07, 6.45) is -1.08. The maximum atomic E-state index is 12.2. The van der Waals surface area contributed by atoms with Gasteiger partial charge in [0, 0.05) is 24.2 Å². The molecule has 0 aliphatic heterocycles. The second-order valence-corrected chi connectivity index (χ2v) is 14.6. The predicted molar refractivity (Wildman–Crippen MR) is 156 cm³/mol. The van der Waals surface area contributed by atoms with Gasteiger partial charge in [0.2, 0.25) is 0 Å². The molecule has 2 aromatic rings. The molecule has 0 amide bonds. The van der Waals surface area contributed by atoms with Crippen molar-refractivity contribution in [3.63, 3.8) is 0 Å². The first kappa shape index (κ1) is 31.6. The average molecular weight is 527 g/mol. The fourth-order valence-corrected chi connectivity index (χ4v) is 4.34. The smallest absolute Gasteiger partial charge is 0.335 e. The van der Waals surface area contributed by atoms with Crippen molar-refractivity contribution in [3.05, 3.63) is 57.6 Å². The Labute approximate surface area is 229 Å². The van der Waals surface area contributed by atoms with Crippen molar-refractivity contribution in [3.8, 4) is 11.5 Å². The van der Waals surface area contributed by atoms with Gasteiger partial charge in [0.1, 0.15) is 11.5 Å². The summed E-state index contributed by atoms with van der Waals surface area (Å²) in [5.74, 6) is -0.685. The summed E-state index contributed by atoms with van der Waals surface area (Å²) in [6, 6.07) is 7.99. The third-order valence-corrected chi connectivity index (χ3v) is 6.97. The standard InChI is InChI=1S/C32H50N2O4/c1-29(2,3)21-13-19(25(35)23(15-21)31(7,8)9)17-33-27(28(37)38)34-18-20-14-22(30(4,5)6)16-24(26(20)36)32(10,11)12/h13-16,27,33-36H,17-18H2,1-12H3,(H,37,38). The summed E-state index contributed by atoms with van der Waals surface area (Å²) in [5, 5.41) is 38.2. The summed E-state index contributed by atoms with van der Waals surface area (Å²) in [4.78, 5) is 12.2. The van der Waals surface area contributed by atoms with E-state index in [0.717, 1.165) is 22.3 Å². The number of rotatable bonds is 7. The molecule has 0 fully saturated rings. The first-order valence-electron chi connectivity index (χ1n) is 13.5. The molecule has 6 heteroatoms. The van der Waals surface area contributed by atoms with Crippen molar-refractivity contribution in [1.82, 2.24) is 10.6 Å². The van der Waals surface area contributed by atoms with E-state index in [9.17, 15) is 20.1 Å². The Morgan fingerprint density at radius 2 is 0.947 bits per heavy atom. The van der Waals surface area contributed by atoms with E-state index < -0.39 is 12.1 Å². The maximum Gasteiger partial charge on any atom is 0.335 e. The second kappa shape index (κ2) is 10.9. The van der Waals surface area contributed by atoms with Crippen LogP contribution in [0.1, 0.15) is 116 Å². The van der Waals surface area contributed by atoms with Crippen LogP contribution in [0.4, 0.5) is 0 Å². The molecule has 0 aliphatic rings. The Bertz CT molecular complexity index is 1070. The minimum atomic E-state index is -1.08. The van der Waals surface area contributed by atoms with Crippen molar-refractivity contribution in [2.24, 2.45) is 0 Å². The zero-order valence-electron chi connectivity index (χ0n) is 25.6. The lowest BCUT2D eigenvalue weighted by molar-refractivity contribution is -0.140. The lowest BCUT2D eigenvalue weighted by Crippen LogP contribution is -2.47. The number of carboxylic acids is 1. The Kier molecular flexibility index (Phi) is 9.07. The average Bonchev–Trinajstić information content (AvgIpc) is 2.71. The van der Waals surface area contributed by atoms with E-state index >= 15 is 0 Å². The van der Waals surface area contributed by atoms with Crippen LogP contribution in [-0.4, -0.2) is 27.5 Å². The van der Waals surface area contributed by atoms with Gasteiger partial charge in [-0.1, -0.05) is 107 Å². The van der Waals surface area contributed by atoms with Crippen LogP contribution in [0.5, 0.6) is 11.5 Å². The fourth-order valence-electron chi connectivity index (χ4n) is 4.34. The molecule has 38 heavy (non-hydrogen) atoms. The third kappa shape index (κ3) is 7.73. The summed E-state index contributed by atoms with van der Waals surface area (Å²) in [6.45, 7) is 25.4. The highest BCUT2D eigenvalue weighted by Gasteiger charge is 2.28. The monoisotopic (exact) mass is 526 g/mol. The fraction of sp³-hybridized carbons (Fsp3) is 0.594. The minimum Gasteiger partial charge on any atom is -0.507 e. The van der Waals surface area contributed by atoms with E-state index in [1.54, 1.807) is 0 Å². The van der Waals surface area contributed by atoms with Crippen molar-refractivity contribution >= 4 is 5.97 Å². The molecule has 6 nitrogen and oxygen atoms in total. The Morgan fingerprint density at radius 1 is 0.632 bits per heavy atom. The van der Waals surface area contributed by atoms with E-state index in [1.165, 1.54) is 0 Å². The molecule has 0 saturated carbocycles. The molecule has 0 aliphatic carbocycles. The molecule has 0 spiro atoms. The Hall–Kier alpha value is -2.57. The van der Waals surface area contributed by atoms with Crippen LogP contribution in [0, 0.1) is 0 Å². The number of phenols is 2. The molecule has 0 radical (unpaired) electrons. The predicted octanol–water partition coefficient (Wildman–Crippen LogP) is 6.58. The largest absolute Gasteiger partial charge is 0.507 e. The highest BCUT2D eigenvalue weighted by atomic mass is 16.4. The van der Waals surface area contributed by atoms with Crippen LogP contribution in [0.2, 0.25) is 0 Å². The zero-order valence-corrected chi connectivity index (χ0v) is 25.6. The topological polar surface area (TPSA) is 102 Å². The van der Waals surface area contributed by atoms with Gasteiger partial charge in [0.05, 0.1) is 0 Å². The summed E-state index contributed by atoms with van der Waals surface area (Å²) in [5.41, 5.74) is 4.33. The van der Waals surface area contributed by atoms with Crippen LogP contribution in [0.25, 0.3) is 0 Å². The quantitative estimate of drug-likeness (QED) is 0.261. The van der Waals surface area contributed by atoms with E-state index in [-0.39, 0.29) is 46.2 Å². The molecule has 2 aromatic carbocycles. The lowest BCUT2D eigenvalue weighted by atomic mass is 9.79. The van der Waals surface area contributed by atoms with E-state index in [4.69, 9.17) is 0 Å². The van der Waals surface area contributed by atoms with Crippen molar-refractivity contribution in [2.75, 3.05) is 0 Å². The van der Waals surface area contributed by atoms with Gasteiger partial charge >= 0.3 is 5.97 Å². The molecule has 5 N–H and O–H groups in total. The summed E-state index contributed by atoms with van der Waals surface area (Å²) < 4.78 is 0. The molecule has 0 bridgehead atoms. The van der Waals surface area contributed by atoms with Gasteiger partial charge in [-0.25, -0.2) is 4.79 Å². The zero-order chi connectivity index (χ0) is 29.4. The van der Waals surface area contributed by atoms with Gasteiger partial charge in [-0.15, -0.1) is 0 Å². The van der Waals surface area contributed by atoms with E-state index in [1.807, 2.05) is 24.3 Å². The molecular formula is C32H50N2O4. The van der Waals surface area contributed by atoms with Gasteiger partial charge in [-0.05, 0) is 43.9 Å². The molecular weight excluding hydrogens is 476 g/mol. The SMILES string of the molecule is CC(C)(C)c1cc(CNC(NCc2cc(C(C)(C)C)cc(C(C)(C)C)c2O)C(=O)O)c(O)c(C(C)(C)C)c1. The molecule has 2 rings (SSSR count). The van der Waals surface area contributed by atoms with Crippen LogP contribution in [-0.2, 0) is 39.5 Å². The Morgan fingerprint density at radius 3 is 1.18 bits per heavy atom. The number of benzene rings is 2. The molecule has 0 atom stereocenters. The molecule has 0 saturated heterocycles. The van der Waals surface area contributed by atoms with Gasteiger partial charge in [0.15, 0.2) is 6.17 Å². The number of nitrogens with one attached hydrogen (secondary N) is 2. The van der Waals surface area contributed by atoms with Gasteiger partial charge in [-0.3, -0.25) is 10.6 Å². The van der Waals surface area contributed by atoms with Crippen molar-refractivity contribution in [1.29, 1.82) is 0 Å². The third-order valence-electron chi connectivity index (χ3n) is 6.97. The van der Waals surface area contributed by atoms with Crippen LogP contribution >= 0.6 is 0 Å². The van der Waals surface area contributed by atoms with E-state index in [0.29, 0.717) is 11.1 Å². The molecule has 0 unspecified atom stereocenters. The lowest BCUT2D eigenvalue weighted by Gasteiger charge is -2.28. The van der Waals surface area contributed by atoms with Gasteiger partial charge in [0.25, 0.3) is 0 Å². The number of aromatic hydroxyl groups is 2. The van der Waals surface area contributed by atoms with Crippen LogP contribution in [0.3, 0.4) is 0 Å². The maximum absolute atomic E-state index is 12.2. The van der Waals surface area contributed by atoms with Crippen molar-refractivity contribution < 1.29 is 20.1 Å². The minimum absolute atomic E-state index is 0.132. The highest BCUT2D eigenvalue weighted by Crippen LogP contribution is 2.39. The van der Waals surface area contributed by atoms with Gasteiger partial charge < -0.3 is 15.3 Å². The van der Waals surface area contributed by atoms with Crippen LogP contribution < -0.4 is 10.6 Å². The van der Waals surface area contributed by atoms with Gasteiger partial charge in [-0.2, -0.15) is 0 Å². The number of carbonyl (C=O) groups is 1. The number of aliphatic carboxylic acids is 1. The number of hydrogen-bond donors (Lipinski definition) is 5. The Balaban J connectivity index is 2.38. The first-order valence-corrected chi connectivity index (χ1v) is 13.5. The molecule has 0 aromatic heterocycles. The molecule has 0 heterocycles. The highest BCUT2D eigenvalue weighted by molar-refractivity contribution is 5.73. The second-order valence-electron chi connectivity index (χ2n) is 14.6. The number of phenolic OH excluding ortho intramolecular Hbond substituents is 2. The number of carboxylic acid groups (broad SMARTS) is 1. The normalized spacial score (nSPS) is 13.3. The number of hydrogen-bond acceptors (Lipinski definition) is 5. The first-order chi connectivity index (χ1) is 17.0.